The Morgan fingerprint density at radius 1 is 1.07 bits per heavy atom. The van der Waals surface area contributed by atoms with Gasteiger partial charge in [-0.2, -0.15) is 10.5 Å². The zero-order chi connectivity index (χ0) is 31.0. The van der Waals surface area contributed by atoms with Crippen LogP contribution in [0.15, 0.2) is 49.1 Å². The van der Waals surface area contributed by atoms with Crippen LogP contribution in [0.1, 0.15) is 35.2 Å². The summed E-state index contributed by atoms with van der Waals surface area (Å²) in [6, 6.07) is 17.9. The fraction of sp³-hybridized carbons (Fsp3) is 0.429. The highest BCUT2D eigenvalue weighted by Gasteiger charge is 2.36. The van der Waals surface area contributed by atoms with Crippen LogP contribution >= 0.6 is 0 Å². The van der Waals surface area contributed by atoms with E-state index >= 15 is 0 Å². The number of fused-ring (bicyclic) bond motifs is 2. The third-order valence-corrected chi connectivity index (χ3v) is 9.63. The number of nitrogens with zero attached hydrogens (tertiary/aromatic N) is 8. The van der Waals surface area contributed by atoms with Crippen molar-refractivity contribution in [2.75, 3.05) is 68.1 Å². The molecule has 0 N–H and O–H groups in total. The third-order valence-electron chi connectivity index (χ3n) is 9.63. The Bertz CT molecular complexity index is 1680. The Labute approximate surface area is 260 Å². The minimum atomic E-state index is -0.276. The molecule has 0 bridgehead atoms. The van der Waals surface area contributed by atoms with E-state index in [1.165, 1.54) is 28.1 Å². The van der Waals surface area contributed by atoms with Crippen LogP contribution in [0.5, 0.6) is 0 Å². The molecule has 2 saturated heterocycles. The van der Waals surface area contributed by atoms with Crippen LogP contribution in [0, 0.1) is 29.6 Å². The highest BCUT2D eigenvalue weighted by Crippen LogP contribution is 2.41. The van der Waals surface area contributed by atoms with Crippen molar-refractivity contribution in [3.05, 3.63) is 71.4 Å². The van der Waals surface area contributed by atoms with Crippen LogP contribution in [0.2, 0.25) is 0 Å². The summed E-state index contributed by atoms with van der Waals surface area (Å²) in [5.41, 5.74) is 6.11. The molecule has 9 nitrogen and oxygen atoms in total. The number of hydrogen-bond donors (Lipinski definition) is 0. The summed E-state index contributed by atoms with van der Waals surface area (Å²) in [4.78, 5) is 28.9. The molecule has 2 aromatic carbocycles. The monoisotopic (exact) mass is 588 g/mol. The van der Waals surface area contributed by atoms with E-state index in [1.54, 1.807) is 4.90 Å². The number of benzene rings is 2. The zero-order valence-electron chi connectivity index (χ0n) is 26.0. The van der Waals surface area contributed by atoms with Crippen LogP contribution in [0.25, 0.3) is 10.8 Å². The van der Waals surface area contributed by atoms with E-state index in [1.807, 2.05) is 0 Å². The number of hydrogen-bond acceptors (Lipinski definition) is 8. The number of carbonyl (C=O) groups excluding carboxylic acids is 1. The number of likely N-dealkylation sites (N-methyl/N-ethyl adjacent to an activating group) is 1. The lowest BCUT2D eigenvalue weighted by Gasteiger charge is -2.43. The van der Waals surface area contributed by atoms with Gasteiger partial charge in [0, 0.05) is 61.9 Å². The summed E-state index contributed by atoms with van der Waals surface area (Å²) < 4.78 is 0. The van der Waals surface area contributed by atoms with E-state index in [2.05, 4.69) is 95.7 Å². The van der Waals surface area contributed by atoms with Crippen molar-refractivity contribution in [1.29, 1.82) is 10.5 Å². The van der Waals surface area contributed by atoms with E-state index in [-0.39, 0.29) is 18.4 Å². The van der Waals surface area contributed by atoms with Gasteiger partial charge in [0.2, 0.25) is 5.91 Å². The number of carbonyl (C=O) groups is 1. The molecule has 0 radical (unpaired) electrons. The zero-order valence-corrected chi connectivity index (χ0v) is 26.0. The van der Waals surface area contributed by atoms with Crippen LogP contribution in [0.3, 0.4) is 0 Å². The molecule has 9 heteroatoms. The highest BCUT2D eigenvalue weighted by molar-refractivity contribution is 5.97. The van der Waals surface area contributed by atoms with Crippen molar-refractivity contribution in [2.45, 2.75) is 44.8 Å². The number of nitriles is 2. The Morgan fingerprint density at radius 3 is 2.57 bits per heavy atom. The molecule has 226 valence electrons. The van der Waals surface area contributed by atoms with Crippen LogP contribution in [-0.4, -0.2) is 86.1 Å². The fourth-order valence-corrected chi connectivity index (χ4v) is 7.30. The molecule has 3 aliphatic heterocycles. The van der Waals surface area contributed by atoms with Crippen molar-refractivity contribution in [1.82, 2.24) is 14.8 Å². The number of rotatable bonds is 6. The van der Waals surface area contributed by atoms with Crippen molar-refractivity contribution in [2.24, 2.45) is 0 Å². The molecular weight excluding hydrogens is 548 g/mol. The van der Waals surface area contributed by atoms with E-state index in [4.69, 9.17) is 4.98 Å². The van der Waals surface area contributed by atoms with Crippen molar-refractivity contribution < 1.29 is 4.79 Å². The second-order valence-electron chi connectivity index (χ2n) is 12.4. The van der Waals surface area contributed by atoms with E-state index in [0.717, 1.165) is 55.2 Å². The SMILES string of the molecule is C=CC(=O)N1CCN(c2c(C#N)c(N3CCC(N(C)C)C3)nc3c2CCN(c2cccc4cccc(C)c24)C3)C[C@@H]1CC#N. The summed E-state index contributed by atoms with van der Waals surface area (Å²) in [5, 5.41) is 22.8. The summed E-state index contributed by atoms with van der Waals surface area (Å²) in [7, 11) is 4.21. The molecule has 6 rings (SSSR count). The number of amides is 1. The largest absolute Gasteiger partial charge is 0.366 e. The molecule has 44 heavy (non-hydrogen) atoms. The van der Waals surface area contributed by atoms with Gasteiger partial charge in [0.05, 0.1) is 36.5 Å². The number of anilines is 3. The number of aryl methyl sites for hydroxylation is 1. The average Bonchev–Trinajstić information content (AvgIpc) is 3.54. The Hall–Kier alpha value is -4.60. The first-order valence-electron chi connectivity index (χ1n) is 15.5. The van der Waals surface area contributed by atoms with Gasteiger partial charge in [0.25, 0.3) is 0 Å². The van der Waals surface area contributed by atoms with Gasteiger partial charge in [-0.1, -0.05) is 36.9 Å². The Kier molecular flexibility index (Phi) is 8.16. The normalized spacial score (nSPS) is 20.0. The maximum absolute atomic E-state index is 12.7. The lowest BCUT2D eigenvalue weighted by molar-refractivity contribution is -0.128. The number of pyridine rings is 1. The van der Waals surface area contributed by atoms with Crippen molar-refractivity contribution in [3.8, 4) is 12.1 Å². The maximum Gasteiger partial charge on any atom is 0.246 e. The van der Waals surface area contributed by atoms with Gasteiger partial charge in [0.15, 0.2) is 0 Å². The minimum Gasteiger partial charge on any atom is -0.366 e. The second kappa shape index (κ2) is 12.2. The first kappa shape index (κ1) is 29.5. The summed E-state index contributed by atoms with van der Waals surface area (Å²) in [6.45, 7) is 10.5. The lowest BCUT2D eigenvalue weighted by atomic mass is 9.95. The molecule has 2 atom stereocenters. The Morgan fingerprint density at radius 2 is 1.86 bits per heavy atom. The maximum atomic E-state index is 12.7. The molecule has 1 unspecified atom stereocenters. The molecule has 3 aliphatic rings. The average molecular weight is 589 g/mol. The summed E-state index contributed by atoms with van der Waals surface area (Å²) in [5.74, 6) is 0.596. The van der Waals surface area contributed by atoms with Crippen LogP contribution in [-0.2, 0) is 17.8 Å². The van der Waals surface area contributed by atoms with Gasteiger partial charge >= 0.3 is 0 Å². The second-order valence-corrected chi connectivity index (χ2v) is 12.4. The van der Waals surface area contributed by atoms with Crippen LogP contribution in [0.4, 0.5) is 17.2 Å². The van der Waals surface area contributed by atoms with E-state index < -0.39 is 0 Å². The summed E-state index contributed by atoms with van der Waals surface area (Å²) >= 11 is 0. The number of aromatic nitrogens is 1. The third kappa shape index (κ3) is 5.22. The quantitative estimate of drug-likeness (QED) is 0.395. The van der Waals surface area contributed by atoms with E-state index in [9.17, 15) is 15.3 Å². The molecule has 1 aromatic heterocycles. The van der Waals surface area contributed by atoms with Gasteiger partial charge in [-0.05, 0) is 57.0 Å². The lowest BCUT2D eigenvalue weighted by Crippen LogP contribution is -2.55. The van der Waals surface area contributed by atoms with E-state index in [0.29, 0.717) is 37.8 Å². The molecule has 4 heterocycles. The molecule has 2 fully saturated rings. The van der Waals surface area contributed by atoms with Gasteiger partial charge in [-0.25, -0.2) is 4.98 Å². The molecule has 3 aromatic rings. The molecule has 0 aliphatic carbocycles. The smallest absolute Gasteiger partial charge is 0.246 e. The van der Waals surface area contributed by atoms with Gasteiger partial charge in [-0.3, -0.25) is 4.79 Å². The van der Waals surface area contributed by atoms with Crippen molar-refractivity contribution in [3.63, 3.8) is 0 Å². The standard InChI is InChI=1S/C35H40N8O/c1-5-32(44)43-19-18-41(22-27(43)12-15-36)34-28-14-17-40(31-11-7-10-25-9-6-8-24(2)33(25)31)23-30(28)38-35(29(34)20-37)42-16-13-26(21-42)39(3)4/h5-11,26-27H,1,12-14,16-19,21-23H2,2-4H3/t26?,27-/m0/s1. The minimum absolute atomic E-state index is 0.157. The predicted octanol–water partition coefficient (Wildman–Crippen LogP) is 4.23. The van der Waals surface area contributed by atoms with Crippen LogP contribution < -0.4 is 14.7 Å². The van der Waals surface area contributed by atoms with Gasteiger partial charge < -0.3 is 24.5 Å². The van der Waals surface area contributed by atoms with Gasteiger partial charge in [-0.15, -0.1) is 0 Å². The van der Waals surface area contributed by atoms with Gasteiger partial charge in [0.1, 0.15) is 17.5 Å². The topological polar surface area (TPSA) is 93.7 Å². The first-order valence-corrected chi connectivity index (χ1v) is 15.5. The predicted molar refractivity (Wildman–Crippen MR) is 175 cm³/mol. The Balaban J connectivity index is 1.45. The fourth-order valence-electron chi connectivity index (χ4n) is 7.30. The number of piperazine rings is 1. The molecule has 0 saturated carbocycles. The first-order chi connectivity index (χ1) is 21.3. The highest BCUT2D eigenvalue weighted by atomic mass is 16.2. The molecular formula is C35H40N8O. The molecule has 0 spiro atoms. The van der Waals surface area contributed by atoms with Crippen molar-refractivity contribution >= 4 is 33.9 Å². The summed E-state index contributed by atoms with van der Waals surface area (Å²) in [6.07, 6.45) is 3.32. The molecule has 1 amide bonds.